The molecule has 22 heavy (non-hydrogen) atoms. The van der Waals surface area contributed by atoms with E-state index < -0.39 is 6.23 Å². The van der Waals surface area contributed by atoms with Crippen molar-refractivity contribution in [3.05, 3.63) is 53.3 Å². The van der Waals surface area contributed by atoms with Crippen molar-refractivity contribution in [2.45, 2.75) is 58.1 Å². The third kappa shape index (κ3) is 4.92. The fourth-order valence-corrected chi connectivity index (χ4v) is 2.76. The molecule has 1 aliphatic carbocycles. The third-order valence-corrected chi connectivity index (χ3v) is 4.06. The second-order valence-corrected chi connectivity index (χ2v) is 5.91. The molecule has 1 aliphatic rings. The molecule has 0 saturated carbocycles. The molecule has 0 spiro atoms. The lowest BCUT2D eigenvalue weighted by molar-refractivity contribution is 0.226. The van der Waals surface area contributed by atoms with Crippen LogP contribution in [0.25, 0.3) is 0 Å². The van der Waals surface area contributed by atoms with Crippen molar-refractivity contribution in [2.75, 3.05) is 5.32 Å². The van der Waals surface area contributed by atoms with Gasteiger partial charge in [-0.2, -0.15) is 0 Å². The van der Waals surface area contributed by atoms with Gasteiger partial charge in [-0.05, 0) is 49.5 Å². The maximum Gasteiger partial charge on any atom is 0.150 e. The number of benzene rings is 1. The Morgan fingerprint density at radius 2 is 2.09 bits per heavy atom. The van der Waals surface area contributed by atoms with Crippen LogP contribution in [0.1, 0.15) is 51.0 Å². The molecule has 0 saturated heterocycles. The summed E-state index contributed by atoms with van der Waals surface area (Å²) in [7, 11) is 0. The van der Waals surface area contributed by atoms with Crippen molar-refractivity contribution in [3.63, 3.8) is 0 Å². The van der Waals surface area contributed by atoms with Crippen molar-refractivity contribution in [2.24, 2.45) is 0 Å². The minimum absolute atomic E-state index is 0.182. The maximum atomic E-state index is 10.3. The topological polar surface area (TPSA) is 52.5 Å². The Morgan fingerprint density at radius 1 is 1.23 bits per heavy atom. The molecule has 1 aromatic carbocycles. The zero-order valence-electron chi connectivity index (χ0n) is 13.4. The minimum Gasteiger partial charge on any atom is -0.508 e. The van der Waals surface area contributed by atoms with E-state index in [1.165, 1.54) is 31.2 Å². The van der Waals surface area contributed by atoms with Gasteiger partial charge in [0.2, 0.25) is 0 Å². The summed E-state index contributed by atoms with van der Waals surface area (Å²) < 4.78 is 0. The van der Waals surface area contributed by atoms with Crippen LogP contribution in [0.5, 0.6) is 0 Å². The van der Waals surface area contributed by atoms with E-state index in [1.54, 1.807) is 6.08 Å². The molecule has 3 N–H and O–H groups in total. The number of aryl methyl sites for hydroxylation is 1. The third-order valence-electron chi connectivity index (χ3n) is 4.06. The fraction of sp³-hybridized carbons (Fsp3) is 0.474. The Kier molecular flexibility index (Phi) is 6.53. The molecule has 0 amide bonds. The van der Waals surface area contributed by atoms with Crippen LogP contribution in [-0.4, -0.2) is 16.4 Å². The van der Waals surface area contributed by atoms with E-state index in [-0.39, 0.29) is 5.76 Å². The average molecular weight is 301 g/mol. The van der Waals surface area contributed by atoms with Crippen molar-refractivity contribution in [1.29, 1.82) is 0 Å². The molecule has 0 fully saturated rings. The lowest BCUT2D eigenvalue weighted by Gasteiger charge is -2.20. The van der Waals surface area contributed by atoms with Gasteiger partial charge in [0.1, 0.15) is 5.76 Å². The predicted molar refractivity (Wildman–Crippen MR) is 91.9 cm³/mol. The highest BCUT2D eigenvalue weighted by atomic mass is 16.3. The highest BCUT2D eigenvalue weighted by molar-refractivity contribution is 5.48. The van der Waals surface area contributed by atoms with Gasteiger partial charge in [0, 0.05) is 11.3 Å². The number of hydrogen-bond acceptors (Lipinski definition) is 3. The lowest BCUT2D eigenvalue weighted by atomic mass is 10.0. The lowest BCUT2D eigenvalue weighted by Crippen LogP contribution is -2.23. The van der Waals surface area contributed by atoms with E-state index in [0.29, 0.717) is 12.0 Å². The Bertz CT molecular complexity index is 534. The number of aliphatic hydroxyl groups excluding tert-OH is 2. The van der Waals surface area contributed by atoms with E-state index in [4.69, 9.17) is 0 Å². The van der Waals surface area contributed by atoms with E-state index in [1.807, 2.05) is 18.2 Å². The summed E-state index contributed by atoms with van der Waals surface area (Å²) >= 11 is 0. The number of nitrogens with one attached hydrogen (secondary N) is 1. The van der Waals surface area contributed by atoms with Gasteiger partial charge in [0.05, 0.1) is 0 Å². The molecule has 3 nitrogen and oxygen atoms in total. The summed E-state index contributed by atoms with van der Waals surface area (Å²) in [6.45, 7) is 2.22. The SMILES string of the molecule is CCCCCCc1cccc(NC(O)C2=C(O)C=CCC2)c1. The van der Waals surface area contributed by atoms with E-state index in [9.17, 15) is 10.2 Å². The van der Waals surface area contributed by atoms with Gasteiger partial charge >= 0.3 is 0 Å². The molecular weight excluding hydrogens is 274 g/mol. The molecule has 0 aliphatic heterocycles. The Hall–Kier alpha value is -1.74. The quantitative estimate of drug-likeness (QED) is 0.482. The van der Waals surface area contributed by atoms with Crippen LogP contribution in [0.2, 0.25) is 0 Å². The summed E-state index contributed by atoms with van der Waals surface area (Å²) in [4.78, 5) is 0. The first-order valence-electron chi connectivity index (χ1n) is 8.32. The number of allylic oxidation sites excluding steroid dienone is 2. The summed E-state index contributed by atoms with van der Waals surface area (Å²) in [5.74, 6) is 0.182. The first kappa shape index (κ1) is 16.6. The number of aliphatic hydroxyl groups is 2. The molecule has 0 bridgehead atoms. The normalized spacial score (nSPS) is 15.9. The number of rotatable bonds is 8. The van der Waals surface area contributed by atoms with Crippen molar-refractivity contribution < 1.29 is 10.2 Å². The van der Waals surface area contributed by atoms with Gasteiger partial charge in [-0.25, -0.2) is 0 Å². The molecule has 2 rings (SSSR count). The van der Waals surface area contributed by atoms with Crippen molar-refractivity contribution >= 4 is 5.69 Å². The Labute approximate surface area is 133 Å². The molecule has 1 atom stereocenters. The fourth-order valence-electron chi connectivity index (χ4n) is 2.76. The average Bonchev–Trinajstić information content (AvgIpc) is 2.52. The maximum absolute atomic E-state index is 10.3. The van der Waals surface area contributed by atoms with E-state index >= 15 is 0 Å². The van der Waals surface area contributed by atoms with Gasteiger partial charge in [0.15, 0.2) is 6.23 Å². The molecule has 0 aromatic heterocycles. The first-order valence-corrected chi connectivity index (χ1v) is 8.32. The van der Waals surface area contributed by atoms with Gasteiger partial charge in [-0.15, -0.1) is 0 Å². The molecule has 3 heteroatoms. The van der Waals surface area contributed by atoms with Crippen LogP contribution < -0.4 is 5.32 Å². The van der Waals surface area contributed by atoms with Crippen LogP contribution in [0, 0.1) is 0 Å². The van der Waals surface area contributed by atoms with Gasteiger partial charge < -0.3 is 15.5 Å². The summed E-state index contributed by atoms with van der Waals surface area (Å²) in [6.07, 6.45) is 10.4. The molecule has 0 radical (unpaired) electrons. The van der Waals surface area contributed by atoms with Crippen LogP contribution in [-0.2, 0) is 6.42 Å². The van der Waals surface area contributed by atoms with E-state index in [2.05, 4.69) is 24.4 Å². The van der Waals surface area contributed by atoms with Crippen molar-refractivity contribution in [3.8, 4) is 0 Å². The first-order chi connectivity index (χ1) is 10.7. The predicted octanol–water partition coefficient (Wildman–Crippen LogP) is 4.70. The van der Waals surface area contributed by atoms with Crippen LogP contribution in [0.4, 0.5) is 5.69 Å². The van der Waals surface area contributed by atoms with Gasteiger partial charge in [-0.3, -0.25) is 0 Å². The molecule has 1 aromatic rings. The molecule has 0 heterocycles. The Balaban J connectivity index is 1.93. The van der Waals surface area contributed by atoms with Crippen LogP contribution in [0.15, 0.2) is 47.7 Å². The zero-order valence-corrected chi connectivity index (χ0v) is 13.4. The minimum atomic E-state index is -0.833. The summed E-state index contributed by atoms with van der Waals surface area (Å²) in [5.41, 5.74) is 2.85. The highest BCUT2D eigenvalue weighted by Crippen LogP contribution is 2.22. The van der Waals surface area contributed by atoms with Crippen LogP contribution in [0.3, 0.4) is 0 Å². The van der Waals surface area contributed by atoms with E-state index in [0.717, 1.165) is 18.5 Å². The smallest absolute Gasteiger partial charge is 0.150 e. The number of hydrogen-bond donors (Lipinski definition) is 3. The second kappa shape index (κ2) is 8.64. The van der Waals surface area contributed by atoms with Gasteiger partial charge in [0.25, 0.3) is 0 Å². The summed E-state index contributed by atoms with van der Waals surface area (Å²) in [6, 6.07) is 8.18. The molecule has 120 valence electrons. The number of anilines is 1. The van der Waals surface area contributed by atoms with Crippen LogP contribution >= 0.6 is 0 Å². The standard InChI is InChI=1S/C19H27NO2/c1-2-3-4-5-9-15-10-8-11-16(14-15)20-19(22)17-12-6-7-13-18(17)21/h7-8,10-11,13-14,19-22H,2-6,9,12H2,1H3. The highest BCUT2D eigenvalue weighted by Gasteiger charge is 2.16. The molecule has 1 unspecified atom stereocenters. The Morgan fingerprint density at radius 3 is 2.86 bits per heavy atom. The monoisotopic (exact) mass is 301 g/mol. The largest absolute Gasteiger partial charge is 0.508 e. The van der Waals surface area contributed by atoms with Crippen molar-refractivity contribution in [1.82, 2.24) is 0 Å². The molecular formula is C19H27NO2. The summed E-state index contributed by atoms with van der Waals surface area (Å²) in [5, 5.41) is 23.2. The second-order valence-electron chi connectivity index (χ2n) is 5.91. The van der Waals surface area contributed by atoms with Gasteiger partial charge in [-0.1, -0.05) is 44.4 Å². The number of unbranched alkanes of at least 4 members (excludes halogenated alkanes) is 3. The zero-order chi connectivity index (χ0) is 15.8.